The number of benzene rings is 2. The Morgan fingerprint density at radius 1 is 1.31 bits per heavy atom. The molecule has 0 radical (unpaired) electrons. The van der Waals surface area contributed by atoms with Crippen molar-refractivity contribution in [3.8, 4) is 11.4 Å². The zero-order valence-corrected chi connectivity index (χ0v) is 16.5. The molecule has 10 nitrogen and oxygen atoms in total. The molecule has 0 aliphatic heterocycles. The minimum Gasteiger partial charge on any atom is -0.492 e. The summed E-state index contributed by atoms with van der Waals surface area (Å²) in [5.74, 6) is 0.293. The van der Waals surface area contributed by atoms with Crippen LogP contribution in [0.2, 0.25) is 0 Å². The van der Waals surface area contributed by atoms with Gasteiger partial charge in [0.25, 0.3) is 5.69 Å². The minimum atomic E-state index is -0.557. The van der Waals surface area contributed by atoms with Gasteiger partial charge in [-0.05, 0) is 42.5 Å². The molecule has 1 unspecified atom stereocenters. The molecule has 1 amide bonds. The van der Waals surface area contributed by atoms with Gasteiger partial charge in [0.1, 0.15) is 11.4 Å². The van der Waals surface area contributed by atoms with Crippen LogP contribution in [-0.2, 0) is 4.79 Å². The summed E-state index contributed by atoms with van der Waals surface area (Å²) in [6, 6.07) is 13.1. The van der Waals surface area contributed by atoms with Crippen molar-refractivity contribution in [2.75, 3.05) is 11.9 Å². The van der Waals surface area contributed by atoms with Crippen molar-refractivity contribution in [3.05, 3.63) is 58.6 Å². The Morgan fingerprint density at radius 2 is 2.10 bits per heavy atom. The first-order chi connectivity index (χ1) is 14.0. The number of rotatable bonds is 8. The summed E-state index contributed by atoms with van der Waals surface area (Å²) in [4.78, 5) is 22.9. The Labute approximate surface area is 170 Å². The van der Waals surface area contributed by atoms with Crippen LogP contribution in [0.15, 0.2) is 53.7 Å². The molecule has 3 aromatic rings. The van der Waals surface area contributed by atoms with Gasteiger partial charge in [-0.3, -0.25) is 14.9 Å². The molecule has 0 bridgehead atoms. The standard InChI is InChI=1S/C18H18N6O4S/c1-3-28-16-10-5-4-9-15(16)23-18(20-21-22-23)29-12(2)17(25)19-13-7-6-8-14(11-13)24(26)27/h4-12H,3H2,1-2H3,(H,19,25). The topological polar surface area (TPSA) is 125 Å². The molecule has 0 fully saturated rings. The molecular formula is C18H18N6O4S. The average molecular weight is 414 g/mol. The van der Waals surface area contributed by atoms with Gasteiger partial charge in [0.2, 0.25) is 11.1 Å². The van der Waals surface area contributed by atoms with E-state index in [0.29, 0.717) is 28.9 Å². The monoisotopic (exact) mass is 414 g/mol. The van der Waals surface area contributed by atoms with E-state index >= 15 is 0 Å². The molecule has 1 atom stereocenters. The number of hydrogen-bond donors (Lipinski definition) is 1. The SMILES string of the molecule is CCOc1ccccc1-n1nnnc1SC(C)C(=O)Nc1cccc([N+](=O)[O-])c1. The van der Waals surface area contributed by atoms with E-state index in [0.717, 1.165) is 11.8 Å². The van der Waals surface area contributed by atoms with E-state index in [-0.39, 0.29) is 11.6 Å². The lowest BCUT2D eigenvalue weighted by atomic mass is 10.2. The van der Waals surface area contributed by atoms with E-state index in [9.17, 15) is 14.9 Å². The number of non-ortho nitro benzene ring substituents is 1. The number of nitrogens with one attached hydrogen (secondary N) is 1. The lowest BCUT2D eigenvalue weighted by Gasteiger charge is -2.13. The summed E-state index contributed by atoms with van der Waals surface area (Å²) in [6.45, 7) is 4.07. The van der Waals surface area contributed by atoms with E-state index in [1.807, 2.05) is 31.2 Å². The van der Waals surface area contributed by atoms with Gasteiger partial charge in [-0.1, -0.05) is 30.0 Å². The van der Waals surface area contributed by atoms with Crippen molar-refractivity contribution in [3.63, 3.8) is 0 Å². The highest BCUT2D eigenvalue weighted by Crippen LogP contribution is 2.28. The second-order valence-corrected chi connectivity index (χ2v) is 7.14. The third-order valence-electron chi connectivity index (χ3n) is 3.81. The smallest absolute Gasteiger partial charge is 0.271 e. The van der Waals surface area contributed by atoms with Crippen molar-refractivity contribution in [1.29, 1.82) is 0 Å². The fraction of sp³-hybridized carbons (Fsp3) is 0.222. The zero-order valence-electron chi connectivity index (χ0n) is 15.7. The van der Waals surface area contributed by atoms with Crippen LogP contribution < -0.4 is 10.1 Å². The molecule has 0 saturated carbocycles. The van der Waals surface area contributed by atoms with Crippen molar-refractivity contribution < 1.29 is 14.5 Å². The van der Waals surface area contributed by atoms with Gasteiger partial charge in [-0.15, -0.1) is 5.10 Å². The maximum absolute atomic E-state index is 12.5. The van der Waals surface area contributed by atoms with Crippen LogP contribution >= 0.6 is 11.8 Å². The Kier molecular flexibility index (Phi) is 6.39. The van der Waals surface area contributed by atoms with Gasteiger partial charge in [0.05, 0.1) is 16.8 Å². The number of aromatic nitrogens is 4. The lowest BCUT2D eigenvalue weighted by Crippen LogP contribution is -2.23. The highest BCUT2D eigenvalue weighted by atomic mass is 32.2. The number of para-hydroxylation sites is 2. The van der Waals surface area contributed by atoms with E-state index in [2.05, 4.69) is 20.8 Å². The number of ether oxygens (including phenoxy) is 1. The minimum absolute atomic E-state index is 0.0976. The molecule has 1 aromatic heterocycles. The number of carbonyl (C=O) groups is 1. The van der Waals surface area contributed by atoms with Gasteiger partial charge >= 0.3 is 0 Å². The molecule has 150 valence electrons. The van der Waals surface area contributed by atoms with Crippen LogP contribution in [0, 0.1) is 10.1 Å². The van der Waals surface area contributed by atoms with Crippen molar-refractivity contribution in [2.24, 2.45) is 0 Å². The molecule has 1 heterocycles. The normalized spacial score (nSPS) is 11.7. The molecule has 0 spiro atoms. The zero-order chi connectivity index (χ0) is 20.8. The largest absolute Gasteiger partial charge is 0.492 e. The summed E-state index contributed by atoms with van der Waals surface area (Å²) in [5, 5.41) is 25.1. The second kappa shape index (κ2) is 9.15. The number of nitrogens with zero attached hydrogens (tertiary/aromatic N) is 5. The Morgan fingerprint density at radius 3 is 2.86 bits per heavy atom. The first-order valence-corrected chi connectivity index (χ1v) is 9.60. The van der Waals surface area contributed by atoms with Crippen molar-refractivity contribution in [2.45, 2.75) is 24.3 Å². The van der Waals surface area contributed by atoms with E-state index < -0.39 is 10.2 Å². The number of nitro groups is 1. The third-order valence-corrected chi connectivity index (χ3v) is 4.84. The van der Waals surface area contributed by atoms with Gasteiger partial charge in [-0.2, -0.15) is 4.68 Å². The molecule has 0 aliphatic carbocycles. The van der Waals surface area contributed by atoms with Crippen LogP contribution in [-0.4, -0.2) is 42.9 Å². The number of tetrazole rings is 1. The number of hydrogen-bond acceptors (Lipinski definition) is 8. The van der Waals surface area contributed by atoms with Crippen LogP contribution in [0.1, 0.15) is 13.8 Å². The number of thioether (sulfide) groups is 1. The maximum Gasteiger partial charge on any atom is 0.271 e. The van der Waals surface area contributed by atoms with Gasteiger partial charge in [0.15, 0.2) is 0 Å². The van der Waals surface area contributed by atoms with Crippen molar-refractivity contribution >= 4 is 29.0 Å². The first-order valence-electron chi connectivity index (χ1n) is 8.72. The number of anilines is 1. The van der Waals surface area contributed by atoms with E-state index in [1.54, 1.807) is 13.0 Å². The van der Waals surface area contributed by atoms with Crippen LogP contribution in [0.4, 0.5) is 11.4 Å². The van der Waals surface area contributed by atoms with Crippen LogP contribution in [0.3, 0.4) is 0 Å². The Hall–Kier alpha value is -3.47. The Balaban J connectivity index is 1.75. The third kappa shape index (κ3) is 4.88. The summed E-state index contributed by atoms with van der Waals surface area (Å²) in [5.41, 5.74) is 0.908. The molecule has 3 rings (SSSR count). The quantitative estimate of drug-likeness (QED) is 0.339. The van der Waals surface area contributed by atoms with Crippen LogP contribution in [0.5, 0.6) is 5.75 Å². The summed E-state index contributed by atoms with van der Waals surface area (Å²) in [7, 11) is 0. The summed E-state index contributed by atoms with van der Waals surface area (Å²) in [6.07, 6.45) is 0. The highest BCUT2D eigenvalue weighted by Gasteiger charge is 2.21. The van der Waals surface area contributed by atoms with E-state index in [1.165, 1.54) is 22.9 Å². The number of amides is 1. The number of carbonyl (C=O) groups excluding carboxylic acids is 1. The van der Waals surface area contributed by atoms with Crippen LogP contribution in [0.25, 0.3) is 5.69 Å². The molecule has 29 heavy (non-hydrogen) atoms. The molecule has 0 aliphatic rings. The molecule has 11 heteroatoms. The highest BCUT2D eigenvalue weighted by molar-refractivity contribution is 8.00. The first kappa shape index (κ1) is 20.3. The average Bonchev–Trinajstić information content (AvgIpc) is 3.16. The fourth-order valence-corrected chi connectivity index (χ4v) is 3.27. The summed E-state index contributed by atoms with van der Waals surface area (Å²) < 4.78 is 7.12. The Bertz CT molecular complexity index is 1020. The van der Waals surface area contributed by atoms with Gasteiger partial charge in [-0.25, -0.2) is 0 Å². The number of nitro benzene ring substituents is 1. The lowest BCUT2D eigenvalue weighted by molar-refractivity contribution is -0.384. The second-order valence-electron chi connectivity index (χ2n) is 5.83. The van der Waals surface area contributed by atoms with Gasteiger partial charge < -0.3 is 10.1 Å². The summed E-state index contributed by atoms with van der Waals surface area (Å²) >= 11 is 1.16. The molecular weight excluding hydrogens is 396 g/mol. The molecule has 2 aromatic carbocycles. The van der Waals surface area contributed by atoms with Gasteiger partial charge in [0, 0.05) is 17.8 Å². The molecule has 1 N–H and O–H groups in total. The maximum atomic E-state index is 12.5. The molecule has 0 saturated heterocycles. The fourth-order valence-electron chi connectivity index (χ4n) is 2.47. The van der Waals surface area contributed by atoms with E-state index in [4.69, 9.17) is 4.74 Å². The predicted molar refractivity (Wildman–Crippen MR) is 107 cm³/mol. The van der Waals surface area contributed by atoms with Crippen molar-refractivity contribution in [1.82, 2.24) is 20.2 Å². The predicted octanol–water partition coefficient (Wildman–Crippen LogP) is 3.09.